The molecular weight excluding hydrogens is 222 g/mol. The van der Waals surface area contributed by atoms with E-state index in [0.29, 0.717) is 12.0 Å². The standard InChI is InChI=1S/C16H27NO/c1-5-14-7-9-15(10-8-14)16(17-6-2)13(3)11-12-18-4/h7-10,13,16-17H,5-6,11-12H2,1-4H3. The van der Waals surface area contributed by atoms with Crippen LogP contribution in [0.5, 0.6) is 0 Å². The van der Waals surface area contributed by atoms with Crippen molar-refractivity contribution in [3.63, 3.8) is 0 Å². The van der Waals surface area contributed by atoms with E-state index in [9.17, 15) is 0 Å². The molecule has 0 fully saturated rings. The highest BCUT2D eigenvalue weighted by molar-refractivity contribution is 5.25. The van der Waals surface area contributed by atoms with E-state index in [1.54, 1.807) is 7.11 Å². The van der Waals surface area contributed by atoms with Gasteiger partial charge in [-0.05, 0) is 36.4 Å². The summed E-state index contributed by atoms with van der Waals surface area (Å²) in [5.74, 6) is 0.581. The van der Waals surface area contributed by atoms with Gasteiger partial charge >= 0.3 is 0 Å². The second-order valence-electron chi connectivity index (χ2n) is 4.89. The maximum Gasteiger partial charge on any atom is 0.0465 e. The van der Waals surface area contributed by atoms with Crippen LogP contribution in [0.15, 0.2) is 24.3 Å². The minimum Gasteiger partial charge on any atom is -0.385 e. The van der Waals surface area contributed by atoms with E-state index < -0.39 is 0 Å². The van der Waals surface area contributed by atoms with Gasteiger partial charge in [-0.25, -0.2) is 0 Å². The van der Waals surface area contributed by atoms with Gasteiger partial charge in [-0.1, -0.05) is 45.0 Å². The van der Waals surface area contributed by atoms with Crippen LogP contribution in [-0.2, 0) is 11.2 Å². The molecule has 0 aliphatic rings. The summed E-state index contributed by atoms with van der Waals surface area (Å²) in [7, 11) is 1.77. The molecule has 0 heterocycles. The molecule has 0 bridgehead atoms. The third-order valence-corrected chi connectivity index (χ3v) is 3.52. The van der Waals surface area contributed by atoms with Gasteiger partial charge in [0, 0.05) is 19.8 Å². The van der Waals surface area contributed by atoms with Crippen molar-refractivity contribution >= 4 is 0 Å². The Balaban J connectivity index is 2.75. The number of hydrogen-bond donors (Lipinski definition) is 1. The van der Waals surface area contributed by atoms with Gasteiger partial charge in [-0.3, -0.25) is 0 Å². The van der Waals surface area contributed by atoms with Crippen LogP contribution in [0.4, 0.5) is 0 Å². The number of rotatable bonds is 8. The zero-order valence-corrected chi connectivity index (χ0v) is 12.2. The third-order valence-electron chi connectivity index (χ3n) is 3.52. The molecule has 0 radical (unpaired) electrons. The van der Waals surface area contributed by atoms with Crippen molar-refractivity contribution < 1.29 is 4.74 Å². The summed E-state index contributed by atoms with van der Waals surface area (Å²) in [6, 6.07) is 9.42. The van der Waals surface area contributed by atoms with Gasteiger partial charge < -0.3 is 10.1 Å². The first-order valence-electron chi connectivity index (χ1n) is 7.04. The van der Waals surface area contributed by atoms with Gasteiger partial charge in [-0.15, -0.1) is 0 Å². The first kappa shape index (κ1) is 15.2. The summed E-state index contributed by atoms with van der Waals surface area (Å²) in [5, 5.41) is 3.59. The first-order chi connectivity index (χ1) is 8.72. The summed E-state index contributed by atoms with van der Waals surface area (Å²) >= 11 is 0. The molecule has 0 aliphatic heterocycles. The smallest absolute Gasteiger partial charge is 0.0465 e. The number of hydrogen-bond acceptors (Lipinski definition) is 2. The Kier molecular flexibility index (Phi) is 6.99. The maximum absolute atomic E-state index is 5.19. The summed E-state index contributed by atoms with van der Waals surface area (Å²) < 4.78 is 5.19. The Hall–Kier alpha value is -0.860. The zero-order chi connectivity index (χ0) is 13.4. The van der Waals surface area contributed by atoms with Crippen LogP contribution in [0.25, 0.3) is 0 Å². The second kappa shape index (κ2) is 8.28. The molecule has 2 nitrogen and oxygen atoms in total. The highest BCUT2D eigenvalue weighted by Crippen LogP contribution is 2.25. The fourth-order valence-electron chi connectivity index (χ4n) is 2.30. The molecule has 0 aliphatic carbocycles. The largest absolute Gasteiger partial charge is 0.385 e. The predicted molar refractivity (Wildman–Crippen MR) is 77.9 cm³/mol. The lowest BCUT2D eigenvalue weighted by Crippen LogP contribution is -2.27. The lowest BCUT2D eigenvalue weighted by atomic mass is 9.91. The second-order valence-corrected chi connectivity index (χ2v) is 4.89. The molecule has 18 heavy (non-hydrogen) atoms. The first-order valence-corrected chi connectivity index (χ1v) is 7.04. The quantitative estimate of drug-likeness (QED) is 0.760. The number of aryl methyl sites for hydroxylation is 1. The number of methoxy groups -OCH3 is 1. The van der Waals surface area contributed by atoms with Crippen LogP contribution >= 0.6 is 0 Å². The molecule has 2 unspecified atom stereocenters. The molecule has 0 spiro atoms. The summed E-state index contributed by atoms with van der Waals surface area (Å²) in [4.78, 5) is 0. The summed E-state index contributed by atoms with van der Waals surface area (Å²) in [6.07, 6.45) is 2.19. The van der Waals surface area contributed by atoms with Crippen molar-refractivity contribution in [2.45, 2.75) is 39.7 Å². The van der Waals surface area contributed by atoms with Crippen molar-refractivity contribution in [2.75, 3.05) is 20.3 Å². The average molecular weight is 249 g/mol. The molecule has 1 N–H and O–H groups in total. The van der Waals surface area contributed by atoms with Crippen LogP contribution in [-0.4, -0.2) is 20.3 Å². The highest BCUT2D eigenvalue weighted by Gasteiger charge is 2.17. The van der Waals surface area contributed by atoms with Crippen molar-refractivity contribution in [1.29, 1.82) is 0 Å². The number of benzene rings is 1. The van der Waals surface area contributed by atoms with E-state index in [1.165, 1.54) is 11.1 Å². The highest BCUT2D eigenvalue weighted by atomic mass is 16.5. The van der Waals surface area contributed by atoms with E-state index in [-0.39, 0.29) is 0 Å². The minimum absolute atomic E-state index is 0.427. The van der Waals surface area contributed by atoms with Gasteiger partial charge in [-0.2, -0.15) is 0 Å². The van der Waals surface area contributed by atoms with Gasteiger partial charge in [0.1, 0.15) is 0 Å². The van der Waals surface area contributed by atoms with E-state index in [1.807, 2.05) is 0 Å². The molecule has 102 valence electrons. The number of ether oxygens (including phenoxy) is 1. The molecular formula is C16H27NO. The molecule has 0 aromatic heterocycles. The molecule has 0 saturated carbocycles. The number of nitrogens with one attached hydrogen (secondary N) is 1. The van der Waals surface area contributed by atoms with Crippen molar-refractivity contribution in [3.8, 4) is 0 Å². The zero-order valence-electron chi connectivity index (χ0n) is 12.2. The Morgan fingerprint density at radius 1 is 1.17 bits per heavy atom. The summed E-state index contributed by atoms with van der Waals surface area (Å²) in [6.45, 7) is 8.47. The fourth-order valence-corrected chi connectivity index (χ4v) is 2.30. The Morgan fingerprint density at radius 3 is 2.33 bits per heavy atom. The van der Waals surface area contributed by atoms with Crippen LogP contribution in [0.1, 0.15) is 44.4 Å². The molecule has 2 heteroatoms. The normalized spacial score (nSPS) is 14.4. The van der Waals surface area contributed by atoms with Crippen LogP contribution < -0.4 is 5.32 Å². The molecule has 1 aromatic carbocycles. The Bertz CT molecular complexity index is 320. The Morgan fingerprint density at radius 2 is 1.83 bits per heavy atom. The van der Waals surface area contributed by atoms with Gasteiger partial charge in [0.15, 0.2) is 0 Å². The molecule has 1 rings (SSSR count). The topological polar surface area (TPSA) is 21.3 Å². The van der Waals surface area contributed by atoms with Crippen molar-refractivity contribution in [2.24, 2.45) is 5.92 Å². The fraction of sp³-hybridized carbons (Fsp3) is 0.625. The lowest BCUT2D eigenvalue weighted by molar-refractivity contribution is 0.170. The van der Waals surface area contributed by atoms with Crippen molar-refractivity contribution in [1.82, 2.24) is 5.32 Å². The molecule has 0 saturated heterocycles. The van der Waals surface area contributed by atoms with E-state index in [0.717, 1.165) is 26.0 Å². The minimum atomic E-state index is 0.427. The van der Waals surface area contributed by atoms with Crippen molar-refractivity contribution in [3.05, 3.63) is 35.4 Å². The molecule has 1 aromatic rings. The van der Waals surface area contributed by atoms with E-state index in [4.69, 9.17) is 4.74 Å². The summed E-state index contributed by atoms with van der Waals surface area (Å²) in [5.41, 5.74) is 2.79. The predicted octanol–water partition coefficient (Wildman–Crippen LogP) is 3.57. The SMILES string of the molecule is CCNC(c1ccc(CC)cc1)C(C)CCOC. The average Bonchev–Trinajstić information content (AvgIpc) is 2.42. The lowest BCUT2D eigenvalue weighted by Gasteiger charge is -2.25. The van der Waals surface area contributed by atoms with Crippen LogP contribution in [0.2, 0.25) is 0 Å². The van der Waals surface area contributed by atoms with Gasteiger partial charge in [0.25, 0.3) is 0 Å². The Labute approximate surface area is 112 Å². The van der Waals surface area contributed by atoms with E-state index in [2.05, 4.69) is 50.4 Å². The van der Waals surface area contributed by atoms with E-state index >= 15 is 0 Å². The monoisotopic (exact) mass is 249 g/mol. The molecule has 2 atom stereocenters. The molecule has 0 amide bonds. The third kappa shape index (κ3) is 4.43. The van der Waals surface area contributed by atoms with Gasteiger partial charge in [0.05, 0.1) is 0 Å². The van der Waals surface area contributed by atoms with Crippen LogP contribution in [0.3, 0.4) is 0 Å². The van der Waals surface area contributed by atoms with Gasteiger partial charge in [0.2, 0.25) is 0 Å². The van der Waals surface area contributed by atoms with Crippen LogP contribution in [0, 0.1) is 5.92 Å². The maximum atomic E-state index is 5.19.